The average Bonchev–Trinajstić information content (AvgIpc) is 2.72. The lowest BCUT2D eigenvalue weighted by atomic mass is 10.0. The van der Waals surface area contributed by atoms with Crippen LogP contribution in [0.1, 0.15) is 16.8 Å². The van der Waals surface area contributed by atoms with Crippen molar-refractivity contribution in [1.29, 1.82) is 0 Å². The molecular weight excluding hydrogens is 266 g/mol. The topological polar surface area (TPSA) is 40.5 Å². The predicted octanol–water partition coefficient (Wildman–Crippen LogP) is 1.96. The van der Waals surface area contributed by atoms with E-state index in [2.05, 4.69) is 0 Å². The zero-order chi connectivity index (χ0) is 14.3. The molecule has 0 saturated carbocycles. The molecule has 104 valence electrons. The predicted molar refractivity (Wildman–Crippen MR) is 57.9 cm³/mol. The highest BCUT2D eigenvalue weighted by Crippen LogP contribution is 2.37. The van der Waals surface area contributed by atoms with E-state index in [1.54, 1.807) is 0 Å². The monoisotopic (exact) mass is 277 g/mol. The number of alkyl halides is 3. The van der Waals surface area contributed by atoms with Crippen LogP contribution in [0.4, 0.5) is 17.6 Å². The molecule has 19 heavy (non-hydrogen) atoms. The summed E-state index contributed by atoms with van der Waals surface area (Å²) >= 11 is 0. The van der Waals surface area contributed by atoms with Crippen molar-refractivity contribution in [3.63, 3.8) is 0 Å². The van der Waals surface area contributed by atoms with Gasteiger partial charge in [-0.2, -0.15) is 13.2 Å². The normalized spacial score (nSPS) is 23.7. The van der Waals surface area contributed by atoms with Gasteiger partial charge in [-0.25, -0.2) is 4.39 Å². The molecular formula is C12H11F4NO2. The van der Waals surface area contributed by atoms with Crippen LogP contribution in [0.5, 0.6) is 0 Å². The number of rotatable bonds is 1. The van der Waals surface area contributed by atoms with Crippen LogP contribution in [0.15, 0.2) is 24.3 Å². The number of halogens is 4. The van der Waals surface area contributed by atoms with Crippen LogP contribution in [-0.2, 0) is 0 Å². The Labute approximate surface area is 106 Å². The Morgan fingerprint density at radius 2 is 2.05 bits per heavy atom. The summed E-state index contributed by atoms with van der Waals surface area (Å²) in [4.78, 5) is 12.8. The minimum Gasteiger partial charge on any atom is -0.379 e. The molecule has 1 N–H and O–H groups in total. The SMILES string of the molecule is O=C(c1cccc(F)c1)N1CCC(O)(C(F)(F)F)C1. The Morgan fingerprint density at radius 3 is 2.58 bits per heavy atom. The fraction of sp³-hybridized carbons (Fsp3) is 0.417. The highest BCUT2D eigenvalue weighted by Gasteiger charge is 2.57. The van der Waals surface area contributed by atoms with E-state index in [0.717, 1.165) is 17.0 Å². The molecule has 0 radical (unpaired) electrons. The highest BCUT2D eigenvalue weighted by atomic mass is 19.4. The summed E-state index contributed by atoms with van der Waals surface area (Å²) in [7, 11) is 0. The number of nitrogens with zero attached hydrogens (tertiary/aromatic N) is 1. The molecule has 1 heterocycles. The third-order valence-electron chi connectivity index (χ3n) is 3.13. The minimum atomic E-state index is -4.79. The first-order valence-corrected chi connectivity index (χ1v) is 5.57. The van der Waals surface area contributed by atoms with Gasteiger partial charge in [0.05, 0.1) is 6.54 Å². The van der Waals surface area contributed by atoms with Crippen molar-refractivity contribution in [2.75, 3.05) is 13.1 Å². The van der Waals surface area contributed by atoms with E-state index < -0.39 is 36.5 Å². The Hall–Kier alpha value is -1.63. The molecule has 1 aliphatic heterocycles. The van der Waals surface area contributed by atoms with Gasteiger partial charge >= 0.3 is 6.18 Å². The van der Waals surface area contributed by atoms with E-state index in [4.69, 9.17) is 0 Å². The molecule has 1 atom stereocenters. The molecule has 1 saturated heterocycles. The molecule has 2 rings (SSSR count). The molecule has 3 nitrogen and oxygen atoms in total. The summed E-state index contributed by atoms with van der Waals surface area (Å²) in [5.41, 5.74) is -2.91. The van der Waals surface area contributed by atoms with Gasteiger partial charge in [0.2, 0.25) is 0 Å². The largest absolute Gasteiger partial charge is 0.419 e. The molecule has 1 fully saturated rings. The van der Waals surface area contributed by atoms with Crippen molar-refractivity contribution in [2.45, 2.75) is 18.2 Å². The zero-order valence-electron chi connectivity index (χ0n) is 9.75. The molecule has 0 spiro atoms. The van der Waals surface area contributed by atoms with Crippen molar-refractivity contribution in [2.24, 2.45) is 0 Å². The summed E-state index contributed by atoms with van der Waals surface area (Å²) in [5.74, 6) is -1.36. The summed E-state index contributed by atoms with van der Waals surface area (Å²) < 4.78 is 50.8. The van der Waals surface area contributed by atoms with Crippen molar-refractivity contribution in [1.82, 2.24) is 4.90 Å². The van der Waals surface area contributed by atoms with Gasteiger partial charge in [-0.3, -0.25) is 4.79 Å². The Bertz CT molecular complexity index is 503. The Balaban J connectivity index is 2.16. The summed E-state index contributed by atoms with van der Waals surface area (Å²) in [6, 6.07) is 4.70. The van der Waals surface area contributed by atoms with E-state index in [1.165, 1.54) is 12.1 Å². The standard InChI is InChI=1S/C12H11F4NO2/c13-9-3-1-2-8(6-9)10(18)17-5-4-11(19,7-17)12(14,15)16/h1-3,6,19H,4-5,7H2. The summed E-state index contributed by atoms with van der Waals surface area (Å²) in [5, 5.41) is 9.46. The first-order valence-electron chi connectivity index (χ1n) is 5.57. The van der Waals surface area contributed by atoms with E-state index >= 15 is 0 Å². The number of β-amino-alcohol motifs (C(OH)–C–C–N with tert-alkyl or cyclic N) is 1. The van der Waals surface area contributed by atoms with Crippen LogP contribution in [0.3, 0.4) is 0 Å². The van der Waals surface area contributed by atoms with E-state index in [1.807, 2.05) is 0 Å². The molecule has 1 aromatic carbocycles. The van der Waals surface area contributed by atoms with Gasteiger partial charge in [-0.1, -0.05) is 6.07 Å². The molecule has 1 aliphatic rings. The highest BCUT2D eigenvalue weighted by molar-refractivity contribution is 5.94. The quantitative estimate of drug-likeness (QED) is 0.797. The molecule has 1 unspecified atom stereocenters. The van der Waals surface area contributed by atoms with Crippen LogP contribution >= 0.6 is 0 Å². The lowest BCUT2D eigenvalue weighted by Crippen LogP contribution is -2.48. The van der Waals surface area contributed by atoms with E-state index in [9.17, 15) is 27.5 Å². The van der Waals surface area contributed by atoms with Crippen molar-refractivity contribution < 1.29 is 27.5 Å². The van der Waals surface area contributed by atoms with Gasteiger partial charge in [-0.05, 0) is 18.2 Å². The molecule has 1 amide bonds. The van der Waals surface area contributed by atoms with Crippen LogP contribution in [0.2, 0.25) is 0 Å². The van der Waals surface area contributed by atoms with Crippen LogP contribution in [-0.4, -0.2) is 40.8 Å². The number of hydrogen-bond acceptors (Lipinski definition) is 2. The minimum absolute atomic E-state index is 0.0357. The van der Waals surface area contributed by atoms with Crippen LogP contribution < -0.4 is 0 Å². The smallest absolute Gasteiger partial charge is 0.379 e. The number of carbonyl (C=O) groups excluding carboxylic acids is 1. The van der Waals surface area contributed by atoms with Gasteiger partial charge < -0.3 is 10.0 Å². The van der Waals surface area contributed by atoms with E-state index in [0.29, 0.717) is 0 Å². The summed E-state index contributed by atoms with van der Waals surface area (Å²) in [6.45, 7) is -1.04. The first-order chi connectivity index (χ1) is 8.73. The number of amides is 1. The molecule has 0 aliphatic carbocycles. The number of carbonyl (C=O) groups is 1. The molecule has 0 aromatic heterocycles. The average molecular weight is 277 g/mol. The van der Waals surface area contributed by atoms with Gasteiger partial charge in [0.25, 0.3) is 5.91 Å². The fourth-order valence-electron chi connectivity index (χ4n) is 2.00. The second-order valence-corrected chi connectivity index (χ2v) is 4.52. The zero-order valence-corrected chi connectivity index (χ0v) is 9.75. The van der Waals surface area contributed by atoms with Gasteiger partial charge in [0.1, 0.15) is 5.82 Å². The Kier molecular flexibility index (Phi) is 3.25. The molecule has 7 heteroatoms. The van der Waals surface area contributed by atoms with Crippen LogP contribution in [0, 0.1) is 5.82 Å². The maximum absolute atomic E-state index is 13.0. The summed E-state index contributed by atoms with van der Waals surface area (Å²) in [6.07, 6.45) is -5.36. The second-order valence-electron chi connectivity index (χ2n) is 4.52. The lowest BCUT2D eigenvalue weighted by Gasteiger charge is -2.25. The number of aliphatic hydroxyl groups is 1. The van der Waals surface area contributed by atoms with Crippen LogP contribution in [0.25, 0.3) is 0 Å². The second kappa shape index (κ2) is 4.48. The van der Waals surface area contributed by atoms with Gasteiger partial charge in [-0.15, -0.1) is 0 Å². The lowest BCUT2D eigenvalue weighted by molar-refractivity contribution is -0.253. The van der Waals surface area contributed by atoms with E-state index in [-0.39, 0.29) is 12.1 Å². The first kappa shape index (κ1) is 13.8. The van der Waals surface area contributed by atoms with Crippen molar-refractivity contribution >= 4 is 5.91 Å². The maximum Gasteiger partial charge on any atom is 0.419 e. The number of likely N-dealkylation sites (tertiary alicyclic amines) is 1. The molecule has 0 bridgehead atoms. The third kappa shape index (κ3) is 2.56. The fourth-order valence-corrected chi connectivity index (χ4v) is 2.00. The molecule has 1 aromatic rings. The number of hydrogen-bond donors (Lipinski definition) is 1. The maximum atomic E-state index is 13.0. The van der Waals surface area contributed by atoms with Crippen molar-refractivity contribution in [3.8, 4) is 0 Å². The van der Waals surface area contributed by atoms with Gasteiger partial charge in [0, 0.05) is 18.5 Å². The number of benzene rings is 1. The third-order valence-corrected chi connectivity index (χ3v) is 3.13. The van der Waals surface area contributed by atoms with Gasteiger partial charge in [0.15, 0.2) is 5.60 Å². The Morgan fingerprint density at radius 1 is 1.37 bits per heavy atom. The van der Waals surface area contributed by atoms with Crippen molar-refractivity contribution in [3.05, 3.63) is 35.6 Å².